The Hall–Kier alpha value is -5.07. The van der Waals surface area contributed by atoms with Gasteiger partial charge in [-0.3, -0.25) is 9.59 Å². The summed E-state index contributed by atoms with van der Waals surface area (Å²) in [4.78, 5) is 42.1. The Kier molecular flexibility index (Phi) is 17.1. The Morgan fingerprint density at radius 2 is 1.74 bits per heavy atom. The maximum atomic E-state index is 14.3. The second-order valence-corrected chi connectivity index (χ2v) is 13.1. The van der Waals surface area contributed by atoms with Crippen LogP contribution < -0.4 is 5.32 Å². The molecular formula is C41H52FN3O8. The first kappa shape index (κ1) is 42.3. The Bertz CT molecular complexity index is 1720. The molecule has 3 N–H and O–H groups in total. The molecule has 0 aliphatic heterocycles. The molecule has 1 unspecified atom stereocenters. The van der Waals surface area contributed by atoms with Crippen LogP contribution in [0.5, 0.6) is 0 Å². The van der Waals surface area contributed by atoms with Crippen molar-refractivity contribution in [2.45, 2.75) is 103 Å². The number of allylic oxidation sites excluding steroid dienone is 5. The highest BCUT2D eigenvalue weighted by Gasteiger charge is 2.31. The smallest absolute Gasteiger partial charge is 0.308 e. The number of carbonyl (C=O) groups excluding carboxylic acids is 2. The lowest BCUT2D eigenvalue weighted by molar-refractivity contribution is -0.769. The van der Waals surface area contributed by atoms with Crippen LogP contribution in [0.3, 0.4) is 0 Å². The molecule has 1 amide bonds. The van der Waals surface area contributed by atoms with Gasteiger partial charge in [-0.1, -0.05) is 76.3 Å². The standard InChI is InChI=1S/C41H52FN3O8/c1-6-13-29(14-7-2)37-38(41(49)43-32-16-10-9-11-17-32)39(28(4)5)44(40(37)30-19-21-31(42)22-20-30)24-23-33(46)26-34(47)27-36(48)52-25-12-18-35(15-8-3)53-45(50)51/h6-7,9-11,13-14,16-17,19-22,28,33-35,46-47H,1,8,12,15,18,23-27H2,2-5H3,(H,43,49)/b14-7-,29-13+/t33-,34-,35?/m1/s1. The highest BCUT2D eigenvalue weighted by atomic mass is 19.1. The SMILES string of the molecule is C=C/C=C(\C=C/C)c1c(C(=O)Nc2ccccc2)c(C(C)C)n(CC[C@@H](O)C[C@@H](O)CC(=O)OCCCC(CCC)O[N+](=O)[O-])c1-c1ccc(F)cc1. The van der Waals surface area contributed by atoms with Crippen molar-refractivity contribution < 1.29 is 38.9 Å². The van der Waals surface area contributed by atoms with E-state index >= 15 is 0 Å². The van der Waals surface area contributed by atoms with Crippen LogP contribution in [-0.4, -0.2) is 56.7 Å². The summed E-state index contributed by atoms with van der Waals surface area (Å²) >= 11 is 0. The van der Waals surface area contributed by atoms with Crippen LogP contribution >= 0.6 is 0 Å². The third-order valence-electron chi connectivity index (χ3n) is 8.57. The number of aliphatic hydroxyl groups excluding tert-OH is 2. The van der Waals surface area contributed by atoms with Gasteiger partial charge in [0.15, 0.2) is 0 Å². The molecule has 2 aromatic carbocycles. The molecule has 12 heteroatoms. The number of rotatable bonds is 22. The zero-order chi connectivity index (χ0) is 38.9. The van der Waals surface area contributed by atoms with Crippen LogP contribution in [0.25, 0.3) is 16.8 Å². The number of carbonyl (C=O) groups is 2. The van der Waals surface area contributed by atoms with E-state index < -0.39 is 35.2 Å². The molecule has 0 fully saturated rings. The zero-order valence-electron chi connectivity index (χ0n) is 31.0. The van der Waals surface area contributed by atoms with Gasteiger partial charge in [0.25, 0.3) is 11.0 Å². The van der Waals surface area contributed by atoms with Crippen molar-refractivity contribution in [3.05, 3.63) is 118 Å². The number of amides is 1. The highest BCUT2D eigenvalue weighted by molar-refractivity contribution is 6.11. The molecule has 1 aromatic heterocycles. The molecule has 1 heterocycles. The van der Waals surface area contributed by atoms with Crippen molar-refractivity contribution in [1.82, 2.24) is 4.57 Å². The van der Waals surface area contributed by atoms with E-state index in [4.69, 9.17) is 4.74 Å². The van der Waals surface area contributed by atoms with Crippen molar-refractivity contribution in [2.75, 3.05) is 11.9 Å². The molecule has 286 valence electrons. The number of aliphatic hydroxyl groups is 2. The minimum Gasteiger partial charge on any atom is -0.466 e. The van der Waals surface area contributed by atoms with E-state index in [1.807, 2.05) is 68.7 Å². The van der Waals surface area contributed by atoms with Gasteiger partial charge in [-0.2, -0.15) is 0 Å². The number of esters is 1. The van der Waals surface area contributed by atoms with E-state index in [2.05, 4.69) is 16.7 Å². The van der Waals surface area contributed by atoms with Gasteiger partial charge in [0.05, 0.1) is 36.5 Å². The molecule has 11 nitrogen and oxygen atoms in total. The average molecular weight is 734 g/mol. The van der Waals surface area contributed by atoms with Gasteiger partial charge in [0.1, 0.15) is 11.9 Å². The van der Waals surface area contributed by atoms with Gasteiger partial charge in [0.2, 0.25) is 0 Å². The number of ether oxygens (including phenoxy) is 1. The van der Waals surface area contributed by atoms with Crippen LogP contribution in [0.4, 0.5) is 10.1 Å². The van der Waals surface area contributed by atoms with Gasteiger partial charge in [-0.05, 0) is 92.5 Å². The number of nitrogens with zero attached hydrogens (tertiary/aromatic N) is 2. The predicted octanol–water partition coefficient (Wildman–Crippen LogP) is 8.41. The first-order chi connectivity index (χ1) is 25.4. The minimum atomic E-state index is -1.19. The summed E-state index contributed by atoms with van der Waals surface area (Å²) in [5, 5.41) is 34.7. The lowest BCUT2D eigenvalue weighted by atomic mass is 9.93. The lowest BCUT2D eigenvalue weighted by Crippen LogP contribution is -2.24. The van der Waals surface area contributed by atoms with E-state index in [1.165, 1.54) is 12.1 Å². The number of nitrogens with one attached hydrogen (secondary N) is 1. The Labute approximate surface area is 310 Å². The first-order valence-corrected chi connectivity index (χ1v) is 18.1. The largest absolute Gasteiger partial charge is 0.466 e. The molecule has 3 atom stereocenters. The molecule has 0 aliphatic carbocycles. The van der Waals surface area contributed by atoms with Gasteiger partial charge < -0.3 is 29.7 Å². The normalized spacial score (nSPS) is 13.5. The van der Waals surface area contributed by atoms with E-state index in [0.717, 1.165) is 0 Å². The second-order valence-electron chi connectivity index (χ2n) is 13.1. The molecule has 3 rings (SSSR count). The Morgan fingerprint density at radius 3 is 2.34 bits per heavy atom. The van der Waals surface area contributed by atoms with E-state index in [-0.39, 0.29) is 44.2 Å². The summed E-state index contributed by atoms with van der Waals surface area (Å²) in [6, 6.07) is 15.1. The number of hydrogen-bond acceptors (Lipinski definition) is 8. The van der Waals surface area contributed by atoms with Crippen molar-refractivity contribution in [3.8, 4) is 11.3 Å². The van der Waals surface area contributed by atoms with E-state index in [9.17, 15) is 34.3 Å². The van der Waals surface area contributed by atoms with Crippen LogP contribution in [0.15, 0.2) is 85.5 Å². The molecule has 0 spiro atoms. The number of hydrogen-bond donors (Lipinski definition) is 3. The van der Waals surface area contributed by atoms with Crippen molar-refractivity contribution >= 4 is 23.1 Å². The van der Waals surface area contributed by atoms with E-state index in [1.54, 1.807) is 30.3 Å². The van der Waals surface area contributed by atoms with Gasteiger partial charge in [-0.15, -0.1) is 10.1 Å². The average Bonchev–Trinajstić information content (AvgIpc) is 3.45. The fourth-order valence-electron chi connectivity index (χ4n) is 6.37. The number of anilines is 1. The molecule has 3 aromatic rings. The number of aromatic nitrogens is 1. The topological polar surface area (TPSA) is 153 Å². The molecular weight excluding hydrogens is 681 g/mol. The number of benzene rings is 2. The molecule has 0 saturated heterocycles. The summed E-state index contributed by atoms with van der Waals surface area (Å²) in [5.41, 5.74) is 4.38. The molecule has 53 heavy (non-hydrogen) atoms. The highest BCUT2D eigenvalue weighted by Crippen LogP contribution is 2.41. The monoisotopic (exact) mass is 733 g/mol. The molecule has 0 radical (unpaired) electrons. The summed E-state index contributed by atoms with van der Waals surface area (Å²) in [7, 11) is 0. The molecule has 0 bridgehead atoms. The van der Waals surface area contributed by atoms with Crippen molar-refractivity contribution in [1.29, 1.82) is 0 Å². The maximum Gasteiger partial charge on any atom is 0.308 e. The lowest BCUT2D eigenvalue weighted by Gasteiger charge is -2.20. The van der Waals surface area contributed by atoms with Gasteiger partial charge >= 0.3 is 5.97 Å². The minimum absolute atomic E-state index is 0.0190. The predicted molar refractivity (Wildman–Crippen MR) is 204 cm³/mol. The quantitative estimate of drug-likeness (QED) is 0.0306. The number of para-hydroxylation sites is 1. The van der Waals surface area contributed by atoms with Crippen LogP contribution in [0, 0.1) is 15.9 Å². The van der Waals surface area contributed by atoms with Crippen molar-refractivity contribution in [3.63, 3.8) is 0 Å². The maximum absolute atomic E-state index is 14.3. The summed E-state index contributed by atoms with van der Waals surface area (Å²) in [6.07, 6.45) is 6.03. The van der Waals surface area contributed by atoms with Crippen LogP contribution in [0.1, 0.15) is 100 Å². The summed E-state index contributed by atoms with van der Waals surface area (Å²) in [5.74, 6) is -1.57. The Morgan fingerprint density at radius 1 is 1.04 bits per heavy atom. The molecule has 0 aliphatic rings. The van der Waals surface area contributed by atoms with Crippen LogP contribution in [0.2, 0.25) is 0 Å². The van der Waals surface area contributed by atoms with Crippen molar-refractivity contribution in [2.24, 2.45) is 0 Å². The van der Waals surface area contributed by atoms with Gasteiger partial charge in [-0.25, -0.2) is 4.39 Å². The Balaban J connectivity index is 1.90. The third-order valence-corrected chi connectivity index (χ3v) is 8.57. The summed E-state index contributed by atoms with van der Waals surface area (Å²) in [6.45, 7) is 11.8. The van der Waals surface area contributed by atoms with E-state index in [0.29, 0.717) is 65.0 Å². The fraction of sp³-hybridized carbons (Fsp3) is 0.415. The summed E-state index contributed by atoms with van der Waals surface area (Å²) < 4.78 is 21.4. The third kappa shape index (κ3) is 12.8. The molecule has 0 saturated carbocycles. The second kappa shape index (κ2) is 21.5. The first-order valence-electron chi connectivity index (χ1n) is 18.1. The zero-order valence-corrected chi connectivity index (χ0v) is 31.0. The fourth-order valence-corrected chi connectivity index (χ4v) is 6.37. The van der Waals surface area contributed by atoms with Crippen LogP contribution in [-0.2, 0) is 20.9 Å². The van der Waals surface area contributed by atoms with Gasteiger partial charge in [0, 0.05) is 23.5 Å². The number of halogens is 1.